The Morgan fingerprint density at radius 1 is 1.32 bits per heavy atom. The summed E-state index contributed by atoms with van der Waals surface area (Å²) in [5.74, 6) is -0.146. The molecule has 0 radical (unpaired) electrons. The number of hydrogen-bond acceptors (Lipinski definition) is 2. The van der Waals surface area contributed by atoms with Gasteiger partial charge < -0.3 is 9.88 Å². The maximum Gasteiger partial charge on any atom is 0.244 e. The van der Waals surface area contributed by atoms with E-state index in [2.05, 4.69) is 12.2 Å². The van der Waals surface area contributed by atoms with Gasteiger partial charge in [0.2, 0.25) is 5.91 Å². The minimum Gasteiger partial charge on any atom is -0.336 e. The fourth-order valence-corrected chi connectivity index (χ4v) is 1.90. The van der Waals surface area contributed by atoms with Gasteiger partial charge in [-0.15, -0.1) is 0 Å². The number of anilines is 1. The van der Waals surface area contributed by atoms with Gasteiger partial charge in [-0.25, -0.2) is 0 Å². The molecule has 1 N–H and O–H groups in total. The minimum absolute atomic E-state index is 0.136. The van der Waals surface area contributed by atoms with E-state index in [9.17, 15) is 9.59 Å². The van der Waals surface area contributed by atoms with E-state index in [1.807, 2.05) is 24.3 Å². The van der Waals surface area contributed by atoms with Crippen molar-refractivity contribution in [3.05, 3.63) is 53.9 Å². The molecule has 0 aliphatic rings. The first-order valence-corrected chi connectivity index (χ1v) is 6.22. The molecule has 0 spiro atoms. The van der Waals surface area contributed by atoms with Gasteiger partial charge in [-0.2, -0.15) is 0 Å². The molecule has 0 bridgehead atoms. The SMILES string of the molecule is CCc1cccc(NC(=O)Cn2cccc2C=O)c1. The highest BCUT2D eigenvalue weighted by Gasteiger charge is 2.06. The standard InChI is InChI=1S/C15H16N2O2/c1-2-12-5-3-6-13(9-12)16-15(19)10-17-8-4-7-14(17)11-18/h3-9,11H,2,10H2,1H3,(H,16,19). The van der Waals surface area contributed by atoms with E-state index in [0.717, 1.165) is 18.4 Å². The van der Waals surface area contributed by atoms with Crippen molar-refractivity contribution in [1.82, 2.24) is 4.57 Å². The average molecular weight is 256 g/mol. The number of nitrogens with one attached hydrogen (secondary N) is 1. The van der Waals surface area contributed by atoms with Crippen LogP contribution in [-0.4, -0.2) is 16.8 Å². The predicted molar refractivity (Wildman–Crippen MR) is 74.3 cm³/mol. The van der Waals surface area contributed by atoms with E-state index < -0.39 is 0 Å². The van der Waals surface area contributed by atoms with E-state index in [-0.39, 0.29) is 12.5 Å². The van der Waals surface area contributed by atoms with Crippen LogP contribution < -0.4 is 5.32 Å². The Balaban J connectivity index is 2.03. The number of aldehydes is 1. The fraction of sp³-hybridized carbons (Fsp3) is 0.200. The van der Waals surface area contributed by atoms with E-state index >= 15 is 0 Å². The summed E-state index contributed by atoms with van der Waals surface area (Å²) in [6, 6.07) is 11.2. The summed E-state index contributed by atoms with van der Waals surface area (Å²) < 4.78 is 1.62. The lowest BCUT2D eigenvalue weighted by molar-refractivity contribution is -0.116. The van der Waals surface area contributed by atoms with Crippen LogP contribution in [0.25, 0.3) is 0 Å². The normalized spacial score (nSPS) is 10.2. The van der Waals surface area contributed by atoms with E-state index in [0.29, 0.717) is 5.69 Å². The molecule has 0 saturated heterocycles. The molecule has 2 rings (SSSR count). The molecule has 1 aromatic heterocycles. The number of carbonyl (C=O) groups excluding carboxylic acids is 2. The molecule has 4 nitrogen and oxygen atoms in total. The largest absolute Gasteiger partial charge is 0.336 e. The lowest BCUT2D eigenvalue weighted by Crippen LogP contribution is -2.19. The van der Waals surface area contributed by atoms with Crippen LogP contribution in [0.1, 0.15) is 23.0 Å². The second kappa shape index (κ2) is 6.00. The van der Waals surface area contributed by atoms with Crippen molar-refractivity contribution in [2.24, 2.45) is 0 Å². The third-order valence-corrected chi connectivity index (χ3v) is 2.92. The molecular weight excluding hydrogens is 240 g/mol. The summed E-state index contributed by atoms with van der Waals surface area (Å²) >= 11 is 0. The van der Waals surface area contributed by atoms with Crippen molar-refractivity contribution in [3.63, 3.8) is 0 Å². The van der Waals surface area contributed by atoms with Gasteiger partial charge in [-0.1, -0.05) is 19.1 Å². The van der Waals surface area contributed by atoms with Gasteiger partial charge in [0.05, 0.1) is 5.69 Å². The van der Waals surface area contributed by atoms with Gasteiger partial charge in [-0.3, -0.25) is 9.59 Å². The monoisotopic (exact) mass is 256 g/mol. The van der Waals surface area contributed by atoms with Crippen LogP contribution in [0.5, 0.6) is 0 Å². The predicted octanol–water partition coefficient (Wildman–Crippen LogP) is 2.50. The van der Waals surface area contributed by atoms with Crippen LogP contribution in [0.15, 0.2) is 42.6 Å². The molecule has 0 unspecified atom stereocenters. The second-order valence-corrected chi connectivity index (χ2v) is 4.28. The summed E-state index contributed by atoms with van der Waals surface area (Å²) in [7, 11) is 0. The molecule has 1 amide bonds. The van der Waals surface area contributed by atoms with Crippen LogP contribution in [0.2, 0.25) is 0 Å². The molecular formula is C15H16N2O2. The van der Waals surface area contributed by atoms with Gasteiger partial charge in [0, 0.05) is 11.9 Å². The molecule has 2 aromatic rings. The van der Waals surface area contributed by atoms with Crippen LogP contribution >= 0.6 is 0 Å². The number of aryl methyl sites for hydroxylation is 1. The number of hydrogen-bond donors (Lipinski definition) is 1. The first-order chi connectivity index (χ1) is 9.22. The van der Waals surface area contributed by atoms with Crippen LogP contribution in [0.4, 0.5) is 5.69 Å². The van der Waals surface area contributed by atoms with Crippen molar-refractivity contribution in [3.8, 4) is 0 Å². The number of aromatic nitrogens is 1. The van der Waals surface area contributed by atoms with Gasteiger partial charge in [0.15, 0.2) is 6.29 Å². The maximum absolute atomic E-state index is 11.9. The quantitative estimate of drug-likeness (QED) is 0.836. The topological polar surface area (TPSA) is 51.1 Å². The zero-order chi connectivity index (χ0) is 13.7. The Labute approximate surface area is 112 Å². The van der Waals surface area contributed by atoms with Gasteiger partial charge >= 0.3 is 0 Å². The van der Waals surface area contributed by atoms with E-state index in [1.165, 1.54) is 5.56 Å². The molecule has 19 heavy (non-hydrogen) atoms. The summed E-state index contributed by atoms with van der Waals surface area (Å²) in [6.45, 7) is 2.20. The summed E-state index contributed by atoms with van der Waals surface area (Å²) in [4.78, 5) is 22.7. The fourth-order valence-electron chi connectivity index (χ4n) is 1.90. The molecule has 1 aromatic carbocycles. The molecule has 0 fully saturated rings. The van der Waals surface area contributed by atoms with Crippen molar-refractivity contribution < 1.29 is 9.59 Å². The zero-order valence-electron chi connectivity index (χ0n) is 10.8. The van der Waals surface area contributed by atoms with Crippen LogP contribution in [0, 0.1) is 0 Å². The third kappa shape index (κ3) is 3.31. The number of nitrogens with zero attached hydrogens (tertiary/aromatic N) is 1. The summed E-state index contributed by atoms with van der Waals surface area (Å²) in [5.41, 5.74) is 2.45. The Morgan fingerprint density at radius 3 is 2.89 bits per heavy atom. The van der Waals surface area contributed by atoms with Crippen molar-refractivity contribution >= 4 is 17.9 Å². The van der Waals surface area contributed by atoms with Gasteiger partial charge in [-0.05, 0) is 36.2 Å². The average Bonchev–Trinajstić information content (AvgIpc) is 2.86. The summed E-state index contributed by atoms with van der Waals surface area (Å²) in [5, 5.41) is 2.83. The van der Waals surface area contributed by atoms with Crippen molar-refractivity contribution in [2.45, 2.75) is 19.9 Å². The van der Waals surface area contributed by atoms with Crippen molar-refractivity contribution in [2.75, 3.05) is 5.32 Å². The lowest BCUT2D eigenvalue weighted by Gasteiger charge is -2.08. The number of amides is 1. The minimum atomic E-state index is -0.146. The van der Waals surface area contributed by atoms with Crippen molar-refractivity contribution in [1.29, 1.82) is 0 Å². The van der Waals surface area contributed by atoms with E-state index in [1.54, 1.807) is 22.9 Å². The van der Waals surface area contributed by atoms with E-state index in [4.69, 9.17) is 0 Å². The number of rotatable bonds is 5. The van der Waals surface area contributed by atoms with Crippen LogP contribution in [-0.2, 0) is 17.8 Å². The van der Waals surface area contributed by atoms with Crippen LogP contribution in [0.3, 0.4) is 0 Å². The highest BCUT2D eigenvalue weighted by atomic mass is 16.2. The maximum atomic E-state index is 11.9. The number of benzene rings is 1. The van der Waals surface area contributed by atoms with Gasteiger partial charge in [0.25, 0.3) is 0 Å². The lowest BCUT2D eigenvalue weighted by atomic mass is 10.1. The Kier molecular flexibility index (Phi) is 4.13. The Bertz CT molecular complexity index is 587. The number of carbonyl (C=O) groups is 2. The smallest absolute Gasteiger partial charge is 0.244 e. The molecule has 0 aliphatic heterocycles. The second-order valence-electron chi connectivity index (χ2n) is 4.28. The first kappa shape index (κ1) is 13.1. The highest BCUT2D eigenvalue weighted by Crippen LogP contribution is 2.11. The Hall–Kier alpha value is -2.36. The molecule has 0 aliphatic carbocycles. The molecule has 4 heteroatoms. The molecule has 0 atom stereocenters. The highest BCUT2D eigenvalue weighted by molar-refractivity contribution is 5.91. The first-order valence-electron chi connectivity index (χ1n) is 6.22. The molecule has 1 heterocycles. The third-order valence-electron chi connectivity index (χ3n) is 2.92. The molecule has 0 saturated carbocycles. The molecule has 98 valence electrons. The zero-order valence-corrected chi connectivity index (χ0v) is 10.8. The van der Waals surface area contributed by atoms with Gasteiger partial charge in [0.1, 0.15) is 6.54 Å². The Morgan fingerprint density at radius 2 is 2.16 bits per heavy atom. The summed E-state index contributed by atoms with van der Waals surface area (Å²) in [6.07, 6.45) is 3.38.